The van der Waals surface area contributed by atoms with Gasteiger partial charge >= 0.3 is 0 Å². The van der Waals surface area contributed by atoms with E-state index in [2.05, 4.69) is 21.2 Å². The molecule has 0 unspecified atom stereocenters. The maximum atomic E-state index is 10.6. The van der Waals surface area contributed by atoms with Gasteiger partial charge < -0.3 is 11.1 Å². The highest BCUT2D eigenvalue weighted by Crippen LogP contribution is 2.31. The molecule has 3 N–H and O–H groups in total. The standard InChI is InChI=1S/C13H12BrN3O2/c1-8-2-4-12(10(14)6-8)16-13-5-3-9(17(18)19)7-11(13)15/h2-7,16H,15H2,1H3. The fraction of sp³-hybridized carbons (Fsp3) is 0.0769. The van der Waals surface area contributed by atoms with E-state index in [9.17, 15) is 10.1 Å². The molecule has 6 heteroatoms. The number of anilines is 3. The van der Waals surface area contributed by atoms with Crippen molar-refractivity contribution in [1.82, 2.24) is 0 Å². The first-order chi connectivity index (χ1) is 8.97. The van der Waals surface area contributed by atoms with Gasteiger partial charge in [-0.3, -0.25) is 10.1 Å². The summed E-state index contributed by atoms with van der Waals surface area (Å²) in [7, 11) is 0. The highest BCUT2D eigenvalue weighted by Gasteiger charge is 2.09. The first-order valence-corrected chi connectivity index (χ1v) is 6.34. The minimum absolute atomic E-state index is 0.0222. The van der Waals surface area contributed by atoms with E-state index in [1.165, 1.54) is 12.1 Å². The molecular weight excluding hydrogens is 310 g/mol. The zero-order valence-electron chi connectivity index (χ0n) is 10.2. The molecule has 0 atom stereocenters. The summed E-state index contributed by atoms with van der Waals surface area (Å²) in [5.41, 5.74) is 8.74. The van der Waals surface area contributed by atoms with E-state index >= 15 is 0 Å². The molecule has 0 amide bonds. The second-order valence-corrected chi connectivity index (χ2v) is 4.99. The van der Waals surface area contributed by atoms with Gasteiger partial charge in [0.15, 0.2) is 0 Å². The topological polar surface area (TPSA) is 81.2 Å². The summed E-state index contributed by atoms with van der Waals surface area (Å²) in [4.78, 5) is 10.2. The molecule has 0 bridgehead atoms. The number of halogens is 1. The Kier molecular flexibility index (Phi) is 3.71. The first kappa shape index (κ1) is 13.4. The molecular formula is C13H12BrN3O2. The maximum Gasteiger partial charge on any atom is 0.271 e. The number of nitrogens with one attached hydrogen (secondary N) is 1. The number of nitrogen functional groups attached to an aromatic ring is 1. The smallest absolute Gasteiger partial charge is 0.271 e. The molecule has 2 aromatic carbocycles. The van der Waals surface area contributed by atoms with Crippen LogP contribution in [0.15, 0.2) is 40.9 Å². The van der Waals surface area contributed by atoms with Gasteiger partial charge in [0, 0.05) is 16.6 Å². The van der Waals surface area contributed by atoms with Crippen molar-refractivity contribution in [2.75, 3.05) is 11.1 Å². The van der Waals surface area contributed by atoms with E-state index in [4.69, 9.17) is 5.73 Å². The van der Waals surface area contributed by atoms with E-state index in [1.54, 1.807) is 6.07 Å². The molecule has 0 radical (unpaired) electrons. The van der Waals surface area contributed by atoms with Crippen molar-refractivity contribution in [2.24, 2.45) is 0 Å². The Hall–Kier alpha value is -2.08. The monoisotopic (exact) mass is 321 g/mol. The number of benzene rings is 2. The Bertz CT molecular complexity index is 644. The van der Waals surface area contributed by atoms with E-state index < -0.39 is 4.92 Å². The Balaban J connectivity index is 2.31. The third-order valence-corrected chi connectivity index (χ3v) is 3.30. The van der Waals surface area contributed by atoms with E-state index in [1.807, 2.05) is 25.1 Å². The molecule has 5 nitrogen and oxygen atoms in total. The van der Waals surface area contributed by atoms with Crippen LogP contribution in [0.25, 0.3) is 0 Å². The molecule has 0 aliphatic heterocycles. The molecule has 2 aromatic rings. The van der Waals surface area contributed by atoms with Crippen LogP contribution < -0.4 is 11.1 Å². The van der Waals surface area contributed by atoms with Crippen LogP contribution in [0, 0.1) is 17.0 Å². The lowest BCUT2D eigenvalue weighted by molar-refractivity contribution is -0.384. The molecule has 2 rings (SSSR count). The number of nitro benzene ring substituents is 1. The molecule has 0 aliphatic carbocycles. The van der Waals surface area contributed by atoms with Gasteiger partial charge in [0.2, 0.25) is 0 Å². The molecule has 0 aliphatic rings. The van der Waals surface area contributed by atoms with Crippen LogP contribution in [0.4, 0.5) is 22.7 Å². The number of nitrogens with zero attached hydrogens (tertiary/aromatic N) is 1. The fourth-order valence-electron chi connectivity index (χ4n) is 1.64. The molecule has 0 heterocycles. The Morgan fingerprint density at radius 1 is 1.21 bits per heavy atom. The first-order valence-electron chi connectivity index (χ1n) is 5.54. The van der Waals surface area contributed by atoms with Gasteiger partial charge in [-0.1, -0.05) is 6.07 Å². The van der Waals surface area contributed by atoms with Crippen molar-refractivity contribution in [3.8, 4) is 0 Å². The number of aryl methyl sites for hydroxylation is 1. The van der Waals surface area contributed by atoms with Crippen molar-refractivity contribution in [3.05, 3.63) is 56.5 Å². The van der Waals surface area contributed by atoms with Crippen LogP contribution >= 0.6 is 15.9 Å². The molecule has 98 valence electrons. The van der Waals surface area contributed by atoms with Crippen LogP contribution in [0.2, 0.25) is 0 Å². The minimum atomic E-state index is -0.470. The summed E-state index contributed by atoms with van der Waals surface area (Å²) in [6.07, 6.45) is 0. The molecule has 0 aromatic heterocycles. The minimum Gasteiger partial charge on any atom is -0.397 e. The second-order valence-electron chi connectivity index (χ2n) is 4.14. The lowest BCUT2D eigenvalue weighted by Gasteiger charge is -2.11. The van der Waals surface area contributed by atoms with Crippen LogP contribution in [0.3, 0.4) is 0 Å². The summed E-state index contributed by atoms with van der Waals surface area (Å²) in [5.74, 6) is 0. The van der Waals surface area contributed by atoms with Gasteiger partial charge in [-0.15, -0.1) is 0 Å². The summed E-state index contributed by atoms with van der Waals surface area (Å²) >= 11 is 3.46. The van der Waals surface area contributed by atoms with Gasteiger partial charge in [-0.05, 0) is 46.6 Å². The molecule has 0 spiro atoms. The average Bonchev–Trinajstić information content (AvgIpc) is 2.34. The van der Waals surface area contributed by atoms with E-state index in [-0.39, 0.29) is 5.69 Å². The van der Waals surface area contributed by atoms with Gasteiger partial charge in [0.05, 0.1) is 22.0 Å². The number of nitro groups is 1. The summed E-state index contributed by atoms with van der Waals surface area (Å²) in [5, 5.41) is 13.8. The largest absolute Gasteiger partial charge is 0.397 e. The fourth-order valence-corrected chi connectivity index (χ4v) is 2.24. The zero-order valence-corrected chi connectivity index (χ0v) is 11.8. The summed E-state index contributed by atoms with van der Waals surface area (Å²) in [6, 6.07) is 10.2. The lowest BCUT2D eigenvalue weighted by Crippen LogP contribution is -1.98. The summed E-state index contributed by atoms with van der Waals surface area (Å²) < 4.78 is 0.908. The number of non-ortho nitro benzene ring substituents is 1. The zero-order chi connectivity index (χ0) is 14.0. The van der Waals surface area contributed by atoms with Crippen LogP contribution in [-0.4, -0.2) is 4.92 Å². The third-order valence-electron chi connectivity index (χ3n) is 2.64. The van der Waals surface area contributed by atoms with Crippen LogP contribution in [0.5, 0.6) is 0 Å². The van der Waals surface area contributed by atoms with Gasteiger partial charge in [-0.2, -0.15) is 0 Å². The normalized spacial score (nSPS) is 10.2. The number of hydrogen-bond donors (Lipinski definition) is 2. The predicted molar refractivity (Wildman–Crippen MR) is 79.7 cm³/mol. The number of hydrogen-bond acceptors (Lipinski definition) is 4. The van der Waals surface area contributed by atoms with E-state index in [0.717, 1.165) is 15.7 Å². The highest BCUT2D eigenvalue weighted by molar-refractivity contribution is 9.10. The Morgan fingerprint density at radius 2 is 1.89 bits per heavy atom. The lowest BCUT2D eigenvalue weighted by atomic mass is 10.2. The van der Waals surface area contributed by atoms with Gasteiger partial charge in [0.25, 0.3) is 5.69 Å². The van der Waals surface area contributed by atoms with Crippen molar-refractivity contribution < 1.29 is 4.92 Å². The maximum absolute atomic E-state index is 10.6. The van der Waals surface area contributed by atoms with Crippen LogP contribution in [0.1, 0.15) is 5.56 Å². The number of rotatable bonds is 3. The predicted octanol–water partition coefficient (Wildman–Crippen LogP) is 3.99. The van der Waals surface area contributed by atoms with Crippen LogP contribution in [-0.2, 0) is 0 Å². The Morgan fingerprint density at radius 3 is 2.47 bits per heavy atom. The van der Waals surface area contributed by atoms with Gasteiger partial charge in [0.1, 0.15) is 0 Å². The molecule has 0 fully saturated rings. The average molecular weight is 322 g/mol. The van der Waals surface area contributed by atoms with Gasteiger partial charge in [-0.25, -0.2) is 0 Å². The quantitative estimate of drug-likeness (QED) is 0.508. The van der Waals surface area contributed by atoms with Crippen molar-refractivity contribution in [1.29, 1.82) is 0 Å². The third kappa shape index (κ3) is 3.03. The Labute approximate surface area is 118 Å². The van der Waals surface area contributed by atoms with Crippen molar-refractivity contribution in [3.63, 3.8) is 0 Å². The molecule has 0 saturated carbocycles. The van der Waals surface area contributed by atoms with Crippen molar-refractivity contribution in [2.45, 2.75) is 6.92 Å². The highest BCUT2D eigenvalue weighted by atomic mass is 79.9. The SMILES string of the molecule is Cc1ccc(Nc2ccc([N+](=O)[O-])cc2N)c(Br)c1. The van der Waals surface area contributed by atoms with Crippen molar-refractivity contribution >= 4 is 38.7 Å². The molecule has 0 saturated heterocycles. The summed E-state index contributed by atoms with van der Waals surface area (Å²) in [6.45, 7) is 1.99. The molecule has 19 heavy (non-hydrogen) atoms. The van der Waals surface area contributed by atoms with E-state index in [0.29, 0.717) is 11.4 Å². The number of nitrogens with two attached hydrogens (primary N) is 1. The second kappa shape index (κ2) is 5.27.